The molecule has 1 unspecified atom stereocenters. The molecule has 2 N–H and O–H groups in total. The number of rotatable bonds is 4. The van der Waals surface area contributed by atoms with Gasteiger partial charge >= 0.3 is 0 Å². The molecule has 178 valence electrons. The maximum Gasteiger partial charge on any atom is 0.223 e. The minimum atomic E-state index is 0.146. The van der Waals surface area contributed by atoms with E-state index in [1.54, 1.807) is 12.1 Å². The monoisotopic (exact) mass is 466 g/mol. The molecule has 6 nitrogen and oxygen atoms in total. The molecule has 35 heavy (non-hydrogen) atoms. The summed E-state index contributed by atoms with van der Waals surface area (Å²) in [5.41, 5.74) is 2.61. The topological polar surface area (TPSA) is 78.4 Å². The van der Waals surface area contributed by atoms with Crippen LogP contribution in [0, 0.1) is 12.8 Å². The molecule has 2 fully saturated rings. The number of carbonyl (C=O) groups excluding carboxylic acids is 1. The highest BCUT2D eigenvalue weighted by molar-refractivity contribution is 5.92. The van der Waals surface area contributed by atoms with Crippen molar-refractivity contribution in [1.29, 1.82) is 0 Å². The van der Waals surface area contributed by atoms with Crippen LogP contribution in [0.5, 0.6) is 5.75 Å². The number of fused-ring (bicyclic) bond motifs is 1. The Morgan fingerprint density at radius 3 is 2.34 bits per heavy atom. The summed E-state index contributed by atoms with van der Waals surface area (Å²) in [5.74, 6) is 1.95. The Hall–Kier alpha value is -3.93. The third-order valence-electron chi connectivity index (χ3n) is 6.43. The number of aryl methyl sites for hydroxylation is 1. The van der Waals surface area contributed by atoms with Crippen molar-refractivity contribution in [3.63, 3.8) is 0 Å². The minimum absolute atomic E-state index is 0.146. The lowest BCUT2D eigenvalue weighted by molar-refractivity contribution is -0.122. The molecule has 6 heteroatoms. The number of benzene rings is 3. The van der Waals surface area contributed by atoms with Crippen LogP contribution in [0.25, 0.3) is 22.3 Å². The minimum Gasteiger partial charge on any atom is -0.507 e. The highest BCUT2D eigenvalue weighted by Crippen LogP contribution is 2.34. The van der Waals surface area contributed by atoms with Gasteiger partial charge < -0.3 is 15.3 Å². The van der Waals surface area contributed by atoms with Crippen LogP contribution >= 0.6 is 0 Å². The second kappa shape index (κ2) is 10.1. The van der Waals surface area contributed by atoms with Gasteiger partial charge in [0, 0.05) is 30.4 Å². The first-order valence-corrected chi connectivity index (χ1v) is 12.2. The zero-order valence-corrected chi connectivity index (χ0v) is 19.9. The lowest BCUT2D eigenvalue weighted by Gasteiger charge is -2.21. The van der Waals surface area contributed by atoms with E-state index in [1.807, 2.05) is 61.5 Å². The van der Waals surface area contributed by atoms with Crippen molar-refractivity contribution in [2.75, 3.05) is 18.0 Å². The van der Waals surface area contributed by atoms with Gasteiger partial charge in [-0.2, -0.15) is 0 Å². The van der Waals surface area contributed by atoms with Gasteiger partial charge in [-0.15, -0.1) is 0 Å². The van der Waals surface area contributed by atoms with Crippen LogP contribution in [0.4, 0.5) is 5.82 Å². The number of anilines is 1. The molecule has 1 saturated carbocycles. The lowest BCUT2D eigenvalue weighted by Crippen LogP contribution is -2.38. The lowest BCUT2D eigenvalue weighted by atomic mass is 10.1. The van der Waals surface area contributed by atoms with Gasteiger partial charge in [0.15, 0.2) is 5.82 Å². The number of para-hydroxylation sites is 1. The molecular formula is C29H30N4O2. The van der Waals surface area contributed by atoms with Crippen LogP contribution in [0.1, 0.15) is 24.8 Å². The van der Waals surface area contributed by atoms with Gasteiger partial charge in [-0.05, 0) is 56.0 Å². The summed E-state index contributed by atoms with van der Waals surface area (Å²) in [6.07, 6.45) is 2.94. The van der Waals surface area contributed by atoms with Gasteiger partial charge in [0.2, 0.25) is 5.91 Å². The number of amides is 1. The maximum absolute atomic E-state index is 12.1. The zero-order valence-electron chi connectivity index (χ0n) is 19.9. The molecule has 1 aliphatic heterocycles. The van der Waals surface area contributed by atoms with Crippen molar-refractivity contribution < 1.29 is 9.90 Å². The summed E-state index contributed by atoms with van der Waals surface area (Å²) in [5, 5.41) is 14.5. The van der Waals surface area contributed by atoms with Gasteiger partial charge in [-0.1, -0.05) is 54.6 Å². The van der Waals surface area contributed by atoms with Crippen molar-refractivity contribution in [2.24, 2.45) is 5.92 Å². The number of phenolic OH excluding ortho intramolecular Hbond substituents is 1. The van der Waals surface area contributed by atoms with Gasteiger partial charge in [0.25, 0.3) is 0 Å². The van der Waals surface area contributed by atoms with Gasteiger partial charge in [-0.25, -0.2) is 9.97 Å². The van der Waals surface area contributed by atoms with Crippen LogP contribution in [-0.4, -0.2) is 40.1 Å². The molecule has 1 aliphatic carbocycles. The molecule has 1 saturated heterocycles. The van der Waals surface area contributed by atoms with Crippen LogP contribution in [0.2, 0.25) is 0 Å². The number of carbonyl (C=O) groups is 1. The third-order valence-corrected chi connectivity index (χ3v) is 6.43. The van der Waals surface area contributed by atoms with Crippen LogP contribution in [0.15, 0.2) is 78.9 Å². The van der Waals surface area contributed by atoms with Crippen LogP contribution < -0.4 is 10.2 Å². The average molecular weight is 467 g/mol. The number of aromatic hydroxyl groups is 1. The molecule has 6 rings (SSSR count). The Labute approximate surface area is 205 Å². The van der Waals surface area contributed by atoms with E-state index >= 15 is 0 Å². The van der Waals surface area contributed by atoms with E-state index in [-0.39, 0.29) is 23.6 Å². The predicted molar refractivity (Wildman–Crippen MR) is 139 cm³/mol. The van der Waals surface area contributed by atoms with Crippen molar-refractivity contribution in [3.8, 4) is 17.1 Å². The first-order chi connectivity index (χ1) is 17.1. The van der Waals surface area contributed by atoms with E-state index < -0.39 is 0 Å². The Bertz CT molecular complexity index is 1290. The van der Waals surface area contributed by atoms with Crippen molar-refractivity contribution >= 4 is 22.6 Å². The van der Waals surface area contributed by atoms with E-state index in [4.69, 9.17) is 9.97 Å². The predicted octanol–water partition coefficient (Wildman–Crippen LogP) is 5.10. The van der Waals surface area contributed by atoms with Crippen molar-refractivity contribution in [3.05, 3.63) is 84.4 Å². The standard InChI is InChI=1S/C23H24N4O2.C6H6/c1-14-6-9-17-19(12-14)25-21(18-4-2-3-5-20(18)28)26-22(17)27-11-10-16(13-27)24-23(29)15-7-8-15;1-2-4-6-5-3-1/h2-6,9,12,15-16,28H,7-8,10-11,13H2,1H3,(H,24,29);1-6H. The number of hydrogen-bond acceptors (Lipinski definition) is 5. The first kappa shape index (κ1) is 22.8. The molecule has 0 bridgehead atoms. The molecule has 1 aromatic heterocycles. The number of aromatic nitrogens is 2. The number of nitrogens with one attached hydrogen (secondary N) is 1. The average Bonchev–Trinajstić information content (AvgIpc) is 3.64. The molecule has 1 amide bonds. The smallest absolute Gasteiger partial charge is 0.223 e. The van der Waals surface area contributed by atoms with E-state index in [1.165, 1.54) is 0 Å². The fourth-order valence-corrected chi connectivity index (χ4v) is 4.37. The highest BCUT2D eigenvalue weighted by Gasteiger charge is 2.33. The summed E-state index contributed by atoms with van der Waals surface area (Å²) >= 11 is 0. The Morgan fingerprint density at radius 1 is 0.943 bits per heavy atom. The van der Waals surface area contributed by atoms with Crippen molar-refractivity contribution in [1.82, 2.24) is 15.3 Å². The molecule has 1 atom stereocenters. The molecule has 0 radical (unpaired) electrons. The summed E-state index contributed by atoms with van der Waals surface area (Å²) in [6, 6.07) is 25.5. The maximum atomic E-state index is 12.1. The summed E-state index contributed by atoms with van der Waals surface area (Å²) in [4.78, 5) is 23.9. The first-order valence-electron chi connectivity index (χ1n) is 12.2. The quantitative estimate of drug-likeness (QED) is 0.437. The van der Waals surface area contributed by atoms with E-state index in [9.17, 15) is 9.90 Å². The molecule has 0 spiro atoms. The summed E-state index contributed by atoms with van der Waals surface area (Å²) < 4.78 is 0. The fraction of sp³-hybridized carbons (Fsp3) is 0.276. The van der Waals surface area contributed by atoms with E-state index in [0.29, 0.717) is 11.4 Å². The van der Waals surface area contributed by atoms with Crippen LogP contribution in [-0.2, 0) is 4.79 Å². The normalized spacial score (nSPS) is 17.1. The molecule has 2 heterocycles. The molecule has 4 aromatic rings. The SMILES string of the molecule is Cc1ccc2c(N3CCC(NC(=O)C4CC4)C3)nc(-c3ccccc3O)nc2c1.c1ccccc1. The summed E-state index contributed by atoms with van der Waals surface area (Å²) in [6.45, 7) is 3.61. The molecular weight excluding hydrogens is 436 g/mol. The fourth-order valence-electron chi connectivity index (χ4n) is 4.37. The number of nitrogens with zero attached hydrogens (tertiary/aromatic N) is 3. The number of phenols is 1. The second-order valence-corrected chi connectivity index (χ2v) is 9.28. The van der Waals surface area contributed by atoms with Gasteiger partial charge in [0.1, 0.15) is 11.6 Å². The van der Waals surface area contributed by atoms with E-state index in [2.05, 4.69) is 22.3 Å². The molecule has 3 aromatic carbocycles. The summed E-state index contributed by atoms with van der Waals surface area (Å²) in [7, 11) is 0. The zero-order chi connectivity index (χ0) is 24.2. The second-order valence-electron chi connectivity index (χ2n) is 9.28. The highest BCUT2D eigenvalue weighted by atomic mass is 16.3. The van der Waals surface area contributed by atoms with Gasteiger partial charge in [-0.3, -0.25) is 4.79 Å². The Balaban J connectivity index is 0.000000371. The number of hydrogen-bond donors (Lipinski definition) is 2. The Kier molecular flexibility index (Phi) is 6.62. The van der Waals surface area contributed by atoms with Crippen molar-refractivity contribution in [2.45, 2.75) is 32.2 Å². The Morgan fingerprint density at radius 2 is 1.66 bits per heavy atom. The van der Waals surface area contributed by atoms with Gasteiger partial charge in [0.05, 0.1) is 11.1 Å². The molecule has 2 aliphatic rings. The third kappa shape index (κ3) is 5.43. The largest absolute Gasteiger partial charge is 0.507 e. The van der Waals surface area contributed by atoms with Crippen LogP contribution in [0.3, 0.4) is 0 Å². The van der Waals surface area contributed by atoms with E-state index in [0.717, 1.165) is 54.6 Å².